The monoisotopic (exact) mass is 266 g/mol. The van der Waals surface area contributed by atoms with Gasteiger partial charge in [-0.15, -0.1) is 0 Å². The number of allylic oxidation sites excluding steroid dienone is 2. The number of rotatable bonds is 5. The molecule has 0 unspecified atom stereocenters. The van der Waals surface area contributed by atoms with Gasteiger partial charge in [-0.25, -0.2) is 0 Å². The van der Waals surface area contributed by atoms with Gasteiger partial charge in [0.25, 0.3) is 0 Å². The second-order valence-electron chi connectivity index (χ2n) is 6.60. The lowest BCUT2D eigenvalue weighted by atomic mass is 10.1. The molecule has 108 valence electrons. The van der Waals surface area contributed by atoms with Crippen LogP contribution in [0.5, 0.6) is 0 Å². The molecule has 4 heteroatoms. The van der Waals surface area contributed by atoms with Crippen molar-refractivity contribution in [2.24, 2.45) is 23.0 Å². The highest BCUT2D eigenvalue weighted by molar-refractivity contribution is 5.88. The van der Waals surface area contributed by atoms with Gasteiger partial charge in [0.1, 0.15) is 0 Å². The van der Waals surface area contributed by atoms with Crippen LogP contribution >= 0.6 is 0 Å². The van der Waals surface area contributed by atoms with Crippen molar-refractivity contribution in [3.63, 3.8) is 0 Å². The summed E-state index contributed by atoms with van der Waals surface area (Å²) in [5.41, 5.74) is 6.42. The van der Waals surface area contributed by atoms with Gasteiger partial charge in [0.05, 0.1) is 12.5 Å². The second kappa shape index (κ2) is 5.35. The van der Waals surface area contributed by atoms with E-state index in [4.69, 9.17) is 5.73 Å². The molecule has 4 nitrogen and oxygen atoms in total. The maximum atomic E-state index is 12.6. The van der Waals surface area contributed by atoms with Crippen molar-refractivity contribution in [2.45, 2.75) is 47.6 Å². The molecule has 1 aliphatic carbocycles. The number of hydrogen-bond donors (Lipinski definition) is 1. The van der Waals surface area contributed by atoms with E-state index in [-0.39, 0.29) is 35.7 Å². The Labute approximate surface area is 116 Å². The van der Waals surface area contributed by atoms with Crippen LogP contribution in [0.15, 0.2) is 11.6 Å². The first-order chi connectivity index (χ1) is 8.59. The zero-order valence-corrected chi connectivity index (χ0v) is 12.9. The highest BCUT2D eigenvalue weighted by Gasteiger charge is 2.61. The van der Waals surface area contributed by atoms with E-state index in [0.29, 0.717) is 0 Å². The van der Waals surface area contributed by atoms with E-state index in [1.54, 1.807) is 4.90 Å². The minimum Gasteiger partial charge on any atom is -0.368 e. The van der Waals surface area contributed by atoms with Crippen LogP contribution in [0, 0.1) is 17.3 Å². The summed E-state index contributed by atoms with van der Waals surface area (Å²) >= 11 is 0. The number of carbonyl (C=O) groups is 2. The fourth-order valence-electron chi connectivity index (χ4n) is 2.68. The van der Waals surface area contributed by atoms with Crippen LogP contribution in [0.1, 0.15) is 41.5 Å². The average Bonchev–Trinajstić information content (AvgIpc) is 2.74. The fraction of sp³-hybridized carbons (Fsp3) is 0.733. The minimum absolute atomic E-state index is 0.00458. The normalized spacial score (nSPS) is 23.9. The predicted molar refractivity (Wildman–Crippen MR) is 76.2 cm³/mol. The van der Waals surface area contributed by atoms with E-state index < -0.39 is 5.91 Å². The largest absolute Gasteiger partial charge is 0.368 e. The Balaban J connectivity index is 2.88. The lowest BCUT2D eigenvalue weighted by Crippen LogP contribution is -2.44. The van der Waals surface area contributed by atoms with Crippen molar-refractivity contribution in [3.05, 3.63) is 11.6 Å². The van der Waals surface area contributed by atoms with Gasteiger partial charge < -0.3 is 10.6 Å². The van der Waals surface area contributed by atoms with Crippen LogP contribution in [0.2, 0.25) is 0 Å². The van der Waals surface area contributed by atoms with E-state index in [9.17, 15) is 9.59 Å². The van der Waals surface area contributed by atoms with E-state index in [1.165, 1.54) is 5.57 Å². The lowest BCUT2D eigenvalue weighted by molar-refractivity contribution is -0.138. The Morgan fingerprint density at radius 1 is 1.32 bits per heavy atom. The van der Waals surface area contributed by atoms with E-state index in [1.807, 2.05) is 27.7 Å². The van der Waals surface area contributed by atoms with Crippen molar-refractivity contribution in [1.82, 2.24) is 4.90 Å². The molecule has 1 rings (SSSR count). The number of carbonyl (C=O) groups excluding carboxylic acids is 2. The van der Waals surface area contributed by atoms with Crippen LogP contribution in [-0.4, -0.2) is 29.3 Å². The van der Waals surface area contributed by atoms with E-state index in [2.05, 4.69) is 19.9 Å². The number of hydrogen-bond acceptors (Lipinski definition) is 2. The van der Waals surface area contributed by atoms with Crippen LogP contribution in [0.3, 0.4) is 0 Å². The first-order valence-corrected chi connectivity index (χ1v) is 6.82. The SMILES string of the molecule is CC(C)=C[C@@H]1[C@H](C(=O)N(CC(N)=O)C(C)C)C1(C)C. The van der Waals surface area contributed by atoms with Gasteiger partial charge >= 0.3 is 0 Å². The number of primary amides is 1. The quantitative estimate of drug-likeness (QED) is 0.773. The van der Waals surface area contributed by atoms with Crippen molar-refractivity contribution in [3.8, 4) is 0 Å². The molecule has 1 aliphatic rings. The summed E-state index contributed by atoms with van der Waals surface area (Å²) in [5, 5.41) is 0. The van der Waals surface area contributed by atoms with Gasteiger partial charge in [-0.1, -0.05) is 25.5 Å². The van der Waals surface area contributed by atoms with Crippen molar-refractivity contribution >= 4 is 11.8 Å². The molecule has 0 saturated heterocycles. The molecule has 0 spiro atoms. The van der Waals surface area contributed by atoms with Gasteiger partial charge in [0, 0.05) is 6.04 Å². The first-order valence-electron chi connectivity index (χ1n) is 6.82. The standard InChI is InChI=1S/C15H26N2O2/c1-9(2)7-11-13(15(11,5)6)14(19)17(10(3)4)8-12(16)18/h7,10-11,13H,8H2,1-6H3,(H2,16,18)/t11-,13-/m1/s1. The third kappa shape index (κ3) is 3.37. The Hall–Kier alpha value is -1.32. The summed E-state index contributed by atoms with van der Waals surface area (Å²) in [7, 11) is 0. The van der Waals surface area contributed by atoms with Crippen LogP contribution < -0.4 is 5.73 Å². The molecule has 0 aromatic rings. The van der Waals surface area contributed by atoms with Crippen LogP contribution in [-0.2, 0) is 9.59 Å². The number of nitrogens with two attached hydrogens (primary N) is 1. The third-order valence-electron chi connectivity index (χ3n) is 3.92. The molecule has 1 fully saturated rings. The first kappa shape index (κ1) is 15.7. The number of amides is 2. The van der Waals surface area contributed by atoms with Crippen molar-refractivity contribution < 1.29 is 9.59 Å². The van der Waals surface area contributed by atoms with Gasteiger partial charge in [-0.3, -0.25) is 9.59 Å². The average molecular weight is 266 g/mol. The van der Waals surface area contributed by atoms with Crippen LogP contribution in [0.25, 0.3) is 0 Å². The predicted octanol–water partition coefficient (Wildman–Crippen LogP) is 1.95. The molecule has 0 radical (unpaired) electrons. The molecule has 0 bridgehead atoms. The Kier molecular flexibility index (Phi) is 4.43. The molecule has 0 heterocycles. The van der Waals surface area contributed by atoms with Gasteiger partial charge in [0.15, 0.2) is 0 Å². The fourth-order valence-corrected chi connectivity index (χ4v) is 2.68. The van der Waals surface area contributed by atoms with Crippen molar-refractivity contribution in [2.75, 3.05) is 6.54 Å². The summed E-state index contributed by atoms with van der Waals surface area (Å²) in [6, 6.07) is -0.0104. The molecule has 0 aromatic carbocycles. The smallest absolute Gasteiger partial charge is 0.237 e. The lowest BCUT2D eigenvalue weighted by Gasteiger charge is -2.26. The highest BCUT2D eigenvalue weighted by Crippen LogP contribution is 2.60. The minimum atomic E-state index is -0.459. The summed E-state index contributed by atoms with van der Waals surface area (Å²) in [4.78, 5) is 25.3. The Morgan fingerprint density at radius 2 is 1.84 bits per heavy atom. The molecule has 0 aliphatic heterocycles. The van der Waals surface area contributed by atoms with Crippen LogP contribution in [0.4, 0.5) is 0 Å². The van der Waals surface area contributed by atoms with E-state index >= 15 is 0 Å². The zero-order valence-electron chi connectivity index (χ0n) is 12.9. The Morgan fingerprint density at radius 3 is 2.21 bits per heavy atom. The molecular weight excluding hydrogens is 240 g/mol. The Bertz CT molecular complexity index is 406. The molecule has 0 aromatic heterocycles. The summed E-state index contributed by atoms with van der Waals surface area (Å²) in [6.07, 6.45) is 2.16. The van der Waals surface area contributed by atoms with Crippen molar-refractivity contribution in [1.29, 1.82) is 0 Å². The number of nitrogens with zero attached hydrogens (tertiary/aromatic N) is 1. The molecule has 2 amide bonds. The maximum absolute atomic E-state index is 12.6. The van der Waals surface area contributed by atoms with Gasteiger partial charge in [0.2, 0.25) is 11.8 Å². The van der Waals surface area contributed by atoms with Gasteiger partial charge in [-0.2, -0.15) is 0 Å². The summed E-state index contributed by atoms with van der Waals surface area (Å²) in [5.74, 6) is -0.191. The summed E-state index contributed by atoms with van der Waals surface area (Å²) < 4.78 is 0. The molecular formula is C15H26N2O2. The summed E-state index contributed by atoms with van der Waals surface area (Å²) in [6.45, 7) is 12.1. The molecule has 1 saturated carbocycles. The molecule has 2 N–H and O–H groups in total. The highest BCUT2D eigenvalue weighted by atomic mass is 16.2. The zero-order chi connectivity index (χ0) is 15.0. The van der Waals surface area contributed by atoms with Gasteiger partial charge in [-0.05, 0) is 39.0 Å². The second-order valence-corrected chi connectivity index (χ2v) is 6.60. The molecule has 19 heavy (non-hydrogen) atoms. The topological polar surface area (TPSA) is 63.4 Å². The third-order valence-corrected chi connectivity index (χ3v) is 3.92. The molecule has 2 atom stereocenters. The maximum Gasteiger partial charge on any atom is 0.237 e. The van der Waals surface area contributed by atoms with E-state index in [0.717, 1.165) is 0 Å².